The number of amides is 1. The molecule has 2 aliphatic rings. The average molecular weight is 201 g/mol. The standard InChI is InChI=1S/C13H15NO/c15-12-6-8-13(14-12)7-5-10-3-1-2-4-11(10)9-13/h1-4H,5-9H2,(H,14,15)/t13-/m0/s1. The Kier molecular flexibility index (Phi) is 1.84. The maximum atomic E-state index is 11.3. The van der Waals surface area contributed by atoms with Crippen LogP contribution in [-0.4, -0.2) is 11.4 Å². The van der Waals surface area contributed by atoms with Crippen molar-refractivity contribution in [3.8, 4) is 0 Å². The minimum Gasteiger partial charge on any atom is -0.350 e. The molecule has 78 valence electrons. The minimum absolute atomic E-state index is 0.0887. The van der Waals surface area contributed by atoms with Gasteiger partial charge in [-0.15, -0.1) is 0 Å². The molecule has 0 radical (unpaired) electrons. The van der Waals surface area contributed by atoms with Crippen molar-refractivity contribution in [1.82, 2.24) is 5.32 Å². The molecular weight excluding hydrogens is 186 g/mol. The van der Waals surface area contributed by atoms with E-state index in [0.717, 1.165) is 25.7 Å². The summed E-state index contributed by atoms with van der Waals surface area (Å²) in [6, 6.07) is 8.60. The highest BCUT2D eigenvalue weighted by Crippen LogP contribution is 2.34. The number of fused-ring (bicyclic) bond motifs is 1. The predicted molar refractivity (Wildman–Crippen MR) is 58.6 cm³/mol. The van der Waals surface area contributed by atoms with Crippen molar-refractivity contribution in [2.45, 2.75) is 37.6 Å². The molecule has 0 aromatic heterocycles. The quantitative estimate of drug-likeness (QED) is 0.681. The van der Waals surface area contributed by atoms with Crippen molar-refractivity contribution >= 4 is 5.91 Å². The maximum absolute atomic E-state index is 11.3. The molecule has 1 saturated heterocycles. The lowest BCUT2D eigenvalue weighted by Crippen LogP contribution is -2.46. The van der Waals surface area contributed by atoms with Crippen LogP contribution in [0.1, 0.15) is 30.4 Å². The van der Waals surface area contributed by atoms with Gasteiger partial charge >= 0.3 is 0 Å². The first-order chi connectivity index (χ1) is 7.27. The van der Waals surface area contributed by atoms with E-state index in [4.69, 9.17) is 0 Å². The summed E-state index contributed by atoms with van der Waals surface area (Å²) in [4.78, 5) is 11.3. The molecule has 1 atom stereocenters. The summed E-state index contributed by atoms with van der Waals surface area (Å²) in [5, 5.41) is 3.17. The summed E-state index contributed by atoms with van der Waals surface area (Å²) in [5.74, 6) is 0.231. The number of benzene rings is 1. The zero-order chi connectivity index (χ0) is 10.3. The van der Waals surface area contributed by atoms with Crippen molar-refractivity contribution in [3.05, 3.63) is 35.4 Å². The number of hydrogen-bond donors (Lipinski definition) is 1. The van der Waals surface area contributed by atoms with Gasteiger partial charge in [-0.2, -0.15) is 0 Å². The highest BCUT2D eigenvalue weighted by molar-refractivity contribution is 5.79. The Morgan fingerprint density at radius 1 is 1.07 bits per heavy atom. The van der Waals surface area contributed by atoms with Crippen molar-refractivity contribution in [2.24, 2.45) is 0 Å². The van der Waals surface area contributed by atoms with Crippen LogP contribution in [0.5, 0.6) is 0 Å². The van der Waals surface area contributed by atoms with Crippen molar-refractivity contribution < 1.29 is 4.79 Å². The van der Waals surface area contributed by atoms with Crippen molar-refractivity contribution in [2.75, 3.05) is 0 Å². The van der Waals surface area contributed by atoms with E-state index >= 15 is 0 Å². The van der Waals surface area contributed by atoms with Gasteiger partial charge in [0.15, 0.2) is 0 Å². The Bertz CT molecular complexity index is 413. The molecule has 1 aliphatic heterocycles. The van der Waals surface area contributed by atoms with Gasteiger partial charge in [-0.25, -0.2) is 0 Å². The van der Waals surface area contributed by atoms with Gasteiger partial charge in [0.2, 0.25) is 5.91 Å². The molecule has 0 saturated carbocycles. The van der Waals surface area contributed by atoms with Gasteiger partial charge in [0.25, 0.3) is 0 Å². The van der Waals surface area contributed by atoms with E-state index in [9.17, 15) is 4.79 Å². The number of carbonyl (C=O) groups is 1. The van der Waals surface area contributed by atoms with Gasteiger partial charge in [0.05, 0.1) is 0 Å². The molecule has 15 heavy (non-hydrogen) atoms. The molecule has 1 aliphatic carbocycles. The Hall–Kier alpha value is -1.31. The van der Waals surface area contributed by atoms with Crippen LogP contribution < -0.4 is 5.32 Å². The van der Waals surface area contributed by atoms with Gasteiger partial charge in [-0.05, 0) is 36.8 Å². The van der Waals surface area contributed by atoms with Crippen LogP contribution >= 0.6 is 0 Å². The third-order valence-corrected chi connectivity index (χ3v) is 3.76. The van der Waals surface area contributed by atoms with E-state index in [0.29, 0.717) is 6.42 Å². The molecule has 3 rings (SSSR count). The largest absolute Gasteiger partial charge is 0.350 e. The summed E-state index contributed by atoms with van der Waals surface area (Å²) in [5.41, 5.74) is 2.97. The Labute approximate surface area is 89.7 Å². The van der Waals surface area contributed by atoms with Crippen LogP contribution in [0.2, 0.25) is 0 Å². The first kappa shape index (κ1) is 8.96. The first-order valence-corrected chi connectivity index (χ1v) is 5.65. The summed E-state index contributed by atoms with van der Waals surface area (Å²) in [7, 11) is 0. The van der Waals surface area contributed by atoms with Crippen LogP contribution in [0.15, 0.2) is 24.3 Å². The second kappa shape index (κ2) is 3.09. The van der Waals surface area contributed by atoms with Crippen molar-refractivity contribution in [3.63, 3.8) is 0 Å². The van der Waals surface area contributed by atoms with Crippen molar-refractivity contribution in [1.29, 1.82) is 0 Å². The number of carbonyl (C=O) groups excluding carboxylic acids is 1. The van der Waals surface area contributed by atoms with Gasteiger partial charge in [-0.3, -0.25) is 4.79 Å². The molecule has 1 amide bonds. The molecule has 0 unspecified atom stereocenters. The van der Waals surface area contributed by atoms with E-state index in [1.165, 1.54) is 11.1 Å². The highest BCUT2D eigenvalue weighted by atomic mass is 16.2. The second-order valence-electron chi connectivity index (χ2n) is 4.77. The third kappa shape index (κ3) is 1.44. The molecular formula is C13H15NO. The summed E-state index contributed by atoms with van der Waals surface area (Å²) in [6.45, 7) is 0. The Morgan fingerprint density at radius 3 is 2.53 bits per heavy atom. The lowest BCUT2D eigenvalue weighted by Gasteiger charge is -2.34. The van der Waals surface area contributed by atoms with E-state index in [1.807, 2.05) is 0 Å². The molecule has 1 heterocycles. The average Bonchev–Trinajstić information content (AvgIpc) is 2.60. The minimum atomic E-state index is 0.0887. The van der Waals surface area contributed by atoms with Crippen LogP contribution in [0, 0.1) is 0 Å². The van der Waals surface area contributed by atoms with Crippen LogP contribution in [0.4, 0.5) is 0 Å². The molecule has 1 aromatic rings. The predicted octanol–water partition coefficient (Wildman–Crippen LogP) is 1.82. The normalized spacial score (nSPS) is 28.9. The lowest BCUT2D eigenvalue weighted by molar-refractivity contribution is -0.119. The van der Waals surface area contributed by atoms with Gasteiger partial charge < -0.3 is 5.32 Å². The fraction of sp³-hybridized carbons (Fsp3) is 0.462. The van der Waals surface area contributed by atoms with Gasteiger partial charge in [-0.1, -0.05) is 24.3 Å². The van der Waals surface area contributed by atoms with E-state index < -0.39 is 0 Å². The van der Waals surface area contributed by atoms with Crippen LogP contribution in [0.25, 0.3) is 0 Å². The number of rotatable bonds is 0. The van der Waals surface area contributed by atoms with E-state index in [-0.39, 0.29) is 11.4 Å². The van der Waals surface area contributed by atoms with E-state index in [1.54, 1.807) is 0 Å². The van der Waals surface area contributed by atoms with Gasteiger partial charge in [0.1, 0.15) is 0 Å². The zero-order valence-electron chi connectivity index (χ0n) is 8.75. The molecule has 0 bridgehead atoms. The van der Waals surface area contributed by atoms with E-state index in [2.05, 4.69) is 29.6 Å². The molecule has 2 nitrogen and oxygen atoms in total. The molecule has 1 aromatic carbocycles. The lowest BCUT2D eigenvalue weighted by atomic mass is 9.77. The zero-order valence-corrected chi connectivity index (χ0v) is 8.75. The molecule has 2 heteroatoms. The van der Waals surface area contributed by atoms with Crippen LogP contribution in [-0.2, 0) is 17.6 Å². The summed E-state index contributed by atoms with van der Waals surface area (Å²) >= 11 is 0. The fourth-order valence-corrected chi connectivity index (χ4v) is 2.89. The second-order valence-corrected chi connectivity index (χ2v) is 4.77. The number of hydrogen-bond acceptors (Lipinski definition) is 1. The monoisotopic (exact) mass is 201 g/mol. The fourth-order valence-electron chi connectivity index (χ4n) is 2.89. The summed E-state index contributed by atoms with van der Waals surface area (Å²) in [6.07, 6.45) is 4.96. The third-order valence-electron chi connectivity index (χ3n) is 3.76. The topological polar surface area (TPSA) is 29.1 Å². The highest BCUT2D eigenvalue weighted by Gasteiger charge is 2.39. The van der Waals surface area contributed by atoms with Gasteiger partial charge in [0, 0.05) is 12.0 Å². The maximum Gasteiger partial charge on any atom is 0.220 e. The molecule has 1 N–H and O–H groups in total. The first-order valence-electron chi connectivity index (χ1n) is 5.65. The summed E-state index contributed by atoms with van der Waals surface area (Å²) < 4.78 is 0. The SMILES string of the molecule is O=C1CC[C@]2(CCc3ccccc3C2)N1. The smallest absolute Gasteiger partial charge is 0.220 e. The molecule has 1 spiro atoms. The number of nitrogens with one attached hydrogen (secondary N) is 1. The molecule has 1 fully saturated rings. The Morgan fingerprint density at radius 2 is 1.80 bits per heavy atom. The van der Waals surface area contributed by atoms with Crippen LogP contribution in [0.3, 0.4) is 0 Å². The number of aryl methyl sites for hydroxylation is 1. The Balaban J connectivity index is 1.92.